The third kappa shape index (κ3) is 8.37. The van der Waals surface area contributed by atoms with Crippen LogP contribution in [0.15, 0.2) is 36.4 Å². The second-order valence-corrected chi connectivity index (χ2v) is 24.4. The lowest BCUT2D eigenvalue weighted by atomic mass is 9.91. The Morgan fingerprint density at radius 2 is 1.64 bits per heavy atom. The summed E-state index contributed by atoms with van der Waals surface area (Å²) in [5, 5.41) is 10.6. The van der Waals surface area contributed by atoms with Gasteiger partial charge < -0.3 is 23.4 Å². The molecule has 1 aromatic rings. The Labute approximate surface area is 240 Å². The van der Waals surface area contributed by atoms with Crippen molar-refractivity contribution in [2.24, 2.45) is 11.8 Å². The van der Waals surface area contributed by atoms with Crippen LogP contribution >= 0.6 is 0 Å². The van der Waals surface area contributed by atoms with Gasteiger partial charge in [0.15, 0.2) is 22.9 Å². The van der Waals surface area contributed by atoms with E-state index in [0.29, 0.717) is 13.0 Å². The van der Waals surface area contributed by atoms with Crippen LogP contribution in [0.1, 0.15) is 71.9 Å². The maximum absolute atomic E-state index is 10.3. The number of hydrogen-bond donors (Lipinski definition) is 1. The van der Waals surface area contributed by atoms with Crippen molar-refractivity contribution in [1.82, 2.24) is 0 Å². The van der Waals surface area contributed by atoms with Crippen LogP contribution in [-0.4, -0.2) is 53.5 Å². The molecule has 1 saturated carbocycles. The van der Waals surface area contributed by atoms with Crippen molar-refractivity contribution >= 4 is 16.6 Å². The van der Waals surface area contributed by atoms with Crippen molar-refractivity contribution < 1.29 is 23.4 Å². The number of aryl methyl sites for hydroxylation is 1. The van der Waals surface area contributed by atoms with Crippen LogP contribution in [0, 0.1) is 11.8 Å². The Morgan fingerprint density at radius 3 is 2.26 bits per heavy atom. The first kappa shape index (κ1) is 32.7. The fourth-order valence-corrected chi connectivity index (χ4v) is 8.01. The zero-order chi connectivity index (χ0) is 29.2. The van der Waals surface area contributed by atoms with Gasteiger partial charge in [-0.05, 0) is 72.6 Å². The Hall–Kier alpha value is -0.806. The predicted molar refractivity (Wildman–Crippen MR) is 166 cm³/mol. The largest absolute Gasteiger partial charge is 0.413 e. The van der Waals surface area contributed by atoms with Crippen LogP contribution < -0.4 is 0 Å². The average molecular weight is 577 g/mol. The highest BCUT2D eigenvalue weighted by molar-refractivity contribution is 6.74. The number of benzene rings is 1. The highest BCUT2D eigenvalue weighted by Crippen LogP contribution is 2.48. The number of fused-ring (bicyclic) bond motifs is 1. The lowest BCUT2D eigenvalue weighted by Gasteiger charge is -2.40. The first-order valence-electron chi connectivity index (χ1n) is 14.9. The molecule has 1 aromatic carbocycles. The van der Waals surface area contributed by atoms with E-state index in [0.717, 1.165) is 19.3 Å². The Bertz CT molecular complexity index is 962. The van der Waals surface area contributed by atoms with E-state index in [2.05, 4.69) is 104 Å². The van der Waals surface area contributed by atoms with Crippen molar-refractivity contribution in [3.8, 4) is 0 Å². The normalized spacial score (nSPS) is 27.3. The molecule has 0 radical (unpaired) electrons. The van der Waals surface area contributed by atoms with Crippen LogP contribution in [0.25, 0.3) is 0 Å². The van der Waals surface area contributed by atoms with Crippen molar-refractivity contribution in [3.63, 3.8) is 0 Å². The fraction of sp³-hybridized carbons (Fsp3) is 0.750. The molecular formula is C32H56O5Si2. The van der Waals surface area contributed by atoms with Gasteiger partial charge in [-0.2, -0.15) is 0 Å². The zero-order valence-electron chi connectivity index (χ0n) is 26.5. The molecule has 6 atom stereocenters. The van der Waals surface area contributed by atoms with E-state index in [1.54, 1.807) is 7.11 Å². The molecule has 0 aromatic heterocycles. The summed E-state index contributed by atoms with van der Waals surface area (Å²) in [7, 11) is -2.20. The second-order valence-electron chi connectivity index (χ2n) is 14.9. The molecule has 3 unspecified atom stereocenters. The van der Waals surface area contributed by atoms with Crippen molar-refractivity contribution in [2.45, 2.75) is 135 Å². The van der Waals surface area contributed by atoms with E-state index >= 15 is 0 Å². The Balaban J connectivity index is 1.85. The van der Waals surface area contributed by atoms with E-state index in [4.69, 9.17) is 18.3 Å². The minimum Gasteiger partial charge on any atom is -0.413 e. The summed E-state index contributed by atoms with van der Waals surface area (Å²) >= 11 is 0. The zero-order valence-corrected chi connectivity index (χ0v) is 28.5. The molecule has 7 heteroatoms. The van der Waals surface area contributed by atoms with Crippen molar-refractivity contribution in [3.05, 3.63) is 47.5 Å². The number of methoxy groups -OCH3 is 1. The SMILES string of the molecule is COCc1cccc(CCC(C=C[C@H]2[C@H](O[Si](C)(C)C(C)(C)C)CC3OC(O)C[C@@H]32)O[Si](C)(C)C(C)(C)C)c1. The molecule has 1 aliphatic carbocycles. The standard InChI is InChI=1S/C32H56O5Si2/c1-31(2,3)38(8,9)36-25(16-15-23-13-12-14-24(19-23)22-34-7)17-18-26-27-20-30(33)35-28(27)21-29(26)37-39(10,11)32(4,5)6/h12-14,17-19,25-30,33H,15-16,20-22H2,1-11H3/t25?,26-,27-,28?,29-,30?/m1/s1. The highest BCUT2D eigenvalue weighted by atomic mass is 28.4. The Morgan fingerprint density at radius 1 is 1.00 bits per heavy atom. The predicted octanol–water partition coefficient (Wildman–Crippen LogP) is 7.85. The van der Waals surface area contributed by atoms with E-state index in [1.807, 2.05) is 0 Å². The highest BCUT2D eigenvalue weighted by Gasteiger charge is 2.51. The molecule has 1 saturated heterocycles. The third-order valence-corrected chi connectivity index (χ3v) is 18.8. The number of hydrogen-bond acceptors (Lipinski definition) is 5. The van der Waals surface area contributed by atoms with Gasteiger partial charge in [-0.3, -0.25) is 0 Å². The van der Waals surface area contributed by atoms with E-state index in [1.165, 1.54) is 11.1 Å². The molecular weight excluding hydrogens is 521 g/mol. The third-order valence-electron chi connectivity index (χ3n) is 9.74. The quantitative estimate of drug-likeness (QED) is 0.215. The molecule has 3 rings (SSSR count). The van der Waals surface area contributed by atoms with Crippen LogP contribution in [0.3, 0.4) is 0 Å². The monoisotopic (exact) mass is 576 g/mol. The lowest BCUT2D eigenvalue weighted by Crippen LogP contribution is -2.45. The van der Waals surface area contributed by atoms with Gasteiger partial charge in [0.1, 0.15) is 0 Å². The molecule has 1 N–H and O–H groups in total. The van der Waals surface area contributed by atoms with E-state index < -0.39 is 22.9 Å². The van der Waals surface area contributed by atoms with Gasteiger partial charge in [-0.1, -0.05) is 78.0 Å². The fourth-order valence-electron chi connectivity index (χ4n) is 5.34. The molecule has 1 heterocycles. The first-order chi connectivity index (χ1) is 17.9. The number of aliphatic hydroxyl groups excluding tert-OH is 1. The van der Waals surface area contributed by atoms with Crippen LogP contribution in [0.5, 0.6) is 0 Å². The van der Waals surface area contributed by atoms with Crippen LogP contribution in [0.2, 0.25) is 36.3 Å². The van der Waals surface area contributed by atoms with Gasteiger partial charge in [0.25, 0.3) is 0 Å². The minimum absolute atomic E-state index is 0.0248. The van der Waals surface area contributed by atoms with Gasteiger partial charge in [0, 0.05) is 19.4 Å². The smallest absolute Gasteiger partial charge is 0.192 e. The van der Waals surface area contributed by atoms with Crippen LogP contribution in [0.4, 0.5) is 0 Å². The summed E-state index contributed by atoms with van der Waals surface area (Å²) in [6.45, 7) is 23.8. The van der Waals surface area contributed by atoms with Gasteiger partial charge >= 0.3 is 0 Å². The van der Waals surface area contributed by atoms with Gasteiger partial charge in [0.05, 0.1) is 24.9 Å². The minimum atomic E-state index is -1.98. The number of rotatable bonds is 11. The summed E-state index contributed by atoms with van der Waals surface area (Å²) in [5.41, 5.74) is 2.52. The summed E-state index contributed by atoms with van der Waals surface area (Å²) in [4.78, 5) is 0. The number of aliphatic hydroxyl groups is 1. The molecule has 1 aliphatic heterocycles. The second kappa shape index (κ2) is 12.6. The molecule has 2 fully saturated rings. The molecule has 2 aliphatic rings. The molecule has 222 valence electrons. The maximum Gasteiger partial charge on any atom is 0.192 e. The van der Waals surface area contributed by atoms with Gasteiger partial charge in [-0.15, -0.1) is 0 Å². The Kier molecular flexibility index (Phi) is 10.6. The topological polar surface area (TPSA) is 57.2 Å². The molecule has 5 nitrogen and oxygen atoms in total. The molecule has 39 heavy (non-hydrogen) atoms. The van der Waals surface area contributed by atoms with Crippen molar-refractivity contribution in [2.75, 3.05) is 7.11 Å². The lowest BCUT2D eigenvalue weighted by molar-refractivity contribution is -0.0945. The summed E-state index contributed by atoms with van der Waals surface area (Å²) in [6.07, 6.45) is 7.62. The number of ether oxygens (including phenoxy) is 2. The molecule has 0 spiro atoms. The molecule has 0 bridgehead atoms. The molecule has 0 amide bonds. The summed E-state index contributed by atoms with van der Waals surface area (Å²) in [5.74, 6) is 0.502. The van der Waals surface area contributed by atoms with E-state index in [9.17, 15) is 5.11 Å². The maximum atomic E-state index is 10.3. The van der Waals surface area contributed by atoms with Crippen LogP contribution in [-0.2, 0) is 31.4 Å². The first-order valence-corrected chi connectivity index (χ1v) is 20.7. The van der Waals surface area contributed by atoms with E-state index in [-0.39, 0.29) is 40.2 Å². The summed E-state index contributed by atoms with van der Waals surface area (Å²) in [6, 6.07) is 8.69. The van der Waals surface area contributed by atoms with Gasteiger partial charge in [0.2, 0.25) is 0 Å². The van der Waals surface area contributed by atoms with Gasteiger partial charge in [-0.25, -0.2) is 0 Å². The van der Waals surface area contributed by atoms with Crippen molar-refractivity contribution in [1.29, 1.82) is 0 Å². The summed E-state index contributed by atoms with van der Waals surface area (Å²) < 4.78 is 25.3. The average Bonchev–Trinajstić information content (AvgIpc) is 3.29.